The van der Waals surface area contributed by atoms with Gasteiger partial charge in [-0.2, -0.15) is 0 Å². The topological polar surface area (TPSA) is 53.0 Å². The first kappa shape index (κ1) is 20.9. The summed E-state index contributed by atoms with van der Waals surface area (Å²) in [5.74, 6) is 0.985. The highest BCUT2D eigenvalue weighted by Gasteiger charge is 2.19. The maximum atomic E-state index is 13.6. The Morgan fingerprint density at radius 1 is 1.06 bits per heavy atom. The summed E-state index contributed by atoms with van der Waals surface area (Å²) in [6.07, 6.45) is 1.60. The van der Waals surface area contributed by atoms with Gasteiger partial charge in [0.1, 0.15) is 16.3 Å². The molecule has 0 amide bonds. The number of hydrogen-bond donors (Lipinski definition) is 0. The Morgan fingerprint density at radius 3 is 2.56 bits per heavy atom. The Hall–Kier alpha value is -3.01. The summed E-state index contributed by atoms with van der Waals surface area (Å²) >= 11 is 8.22. The van der Waals surface area contributed by atoms with Gasteiger partial charge in [-0.05, 0) is 54.2 Å². The first-order valence-electron chi connectivity index (χ1n) is 9.71. The fourth-order valence-corrected chi connectivity index (χ4v) is 5.52. The van der Waals surface area contributed by atoms with Crippen LogP contribution in [-0.2, 0) is 12.3 Å². The third kappa shape index (κ3) is 4.06. The van der Waals surface area contributed by atoms with Gasteiger partial charge in [-0.15, -0.1) is 0 Å². The molecule has 0 aliphatic heterocycles. The van der Waals surface area contributed by atoms with Gasteiger partial charge >= 0.3 is 0 Å². The molecule has 9 heteroatoms. The molecule has 2 aromatic carbocycles. The Bertz CT molecular complexity index is 1490. The number of halogens is 1. The van der Waals surface area contributed by atoms with Crippen molar-refractivity contribution in [1.29, 1.82) is 0 Å². The highest BCUT2D eigenvalue weighted by Crippen LogP contribution is 2.27. The summed E-state index contributed by atoms with van der Waals surface area (Å²) in [7, 11) is 0. The number of rotatable bonds is 6. The average Bonchev–Trinajstić information content (AvgIpc) is 3.43. The van der Waals surface area contributed by atoms with Crippen molar-refractivity contribution in [2.75, 3.05) is 0 Å². The molecule has 5 nitrogen and oxygen atoms in total. The normalized spacial score (nSPS) is 11.3. The summed E-state index contributed by atoms with van der Waals surface area (Å²) in [6, 6.07) is 19.4. The molecule has 3 aromatic heterocycles. The summed E-state index contributed by atoms with van der Waals surface area (Å²) in [6.45, 7) is 0.399. The van der Waals surface area contributed by atoms with E-state index in [2.05, 4.69) is 0 Å². The standard InChI is InChI=1S/C23H16FN3O2S3/c24-16-10-8-15(9-11-16)14-31-22-25-20-19(21(28)27(22)17-5-2-1-3-6-17)32-23(30)26(20)13-18-7-4-12-29-18/h1-12H,13-14H2. The summed E-state index contributed by atoms with van der Waals surface area (Å²) < 4.78 is 23.2. The van der Waals surface area contributed by atoms with Crippen molar-refractivity contribution in [3.8, 4) is 5.69 Å². The second-order valence-corrected chi connectivity index (χ2v) is 9.56. The smallest absolute Gasteiger partial charge is 0.278 e. The predicted molar refractivity (Wildman–Crippen MR) is 128 cm³/mol. The number of nitrogens with zero attached hydrogens (tertiary/aromatic N) is 3. The van der Waals surface area contributed by atoms with Crippen molar-refractivity contribution >= 4 is 45.7 Å². The Balaban J connectivity index is 1.65. The molecule has 0 aliphatic carbocycles. The Labute approximate surface area is 195 Å². The van der Waals surface area contributed by atoms with Gasteiger partial charge in [-0.3, -0.25) is 13.9 Å². The third-order valence-electron chi connectivity index (χ3n) is 4.85. The van der Waals surface area contributed by atoms with E-state index in [1.807, 2.05) is 47.0 Å². The van der Waals surface area contributed by atoms with Crippen LogP contribution in [0.1, 0.15) is 11.3 Å². The number of fused-ring (bicyclic) bond motifs is 1. The van der Waals surface area contributed by atoms with Gasteiger partial charge < -0.3 is 4.42 Å². The van der Waals surface area contributed by atoms with Crippen molar-refractivity contribution in [2.45, 2.75) is 17.5 Å². The number of para-hydroxylation sites is 1. The molecule has 5 aromatic rings. The van der Waals surface area contributed by atoms with E-state index in [4.69, 9.17) is 21.6 Å². The summed E-state index contributed by atoms with van der Waals surface area (Å²) in [5, 5.41) is 0.541. The molecule has 0 spiro atoms. The van der Waals surface area contributed by atoms with Crippen molar-refractivity contribution in [1.82, 2.24) is 14.1 Å². The van der Waals surface area contributed by atoms with E-state index in [-0.39, 0.29) is 11.4 Å². The number of hydrogen-bond acceptors (Lipinski definition) is 6. The molecule has 0 saturated heterocycles. The monoisotopic (exact) mass is 481 g/mol. The van der Waals surface area contributed by atoms with E-state index >= 15 is 0 Å². The molecule has 0 radical (unpaired) electrons. The van der Waals surface area contributed by atoms with Crippen LogP contribution in [-0.4, -0.2) is 14.1 Å². The number of thiazole rings is 1. The van der Waals surface area contributed by atoms with Crippen molar-refractivity contribution in [2.24, 2.45) is 0 Å². The SMILES string of the molecule is O=c1c2sc(=S)n(Cc3ccco3)c2nc(SCc2ccc(F)cc2)n1-c1ccccc1. The van der Waals surface area contributed by atoms with E-state index in [1.165, 1.54) is 35.2 Å². The van der Waals surface area contributed by atoms with Crippen LogP contribution in [0.15, 0.2) is 87.4 Å². The number of benzene rings is 2. The highest BCUT2D eigenvalue weighted by molar-refractivity contribution is 7.98. The largest absolute Gasteiger partial charge is 0.467 e. The van der Waals surface area contributed by atoms with E-state index in [0.29, 0.717) is 31.8 Å². The second-order valence-electron chi connectivity index (χ2n) is 6.97. The number of aromatic nitrogens is 3. The highest BCUT2D eigenvalue weighted by atomic mass is 32.2. The first-order chi connectivity index (χ1) is 15.6. The lowest BCUT2D eigenvalue weighted by atomic mass is 10.2. The molecular formula is C23H16FN3O2S3. The van der Waals surface area contributed by atoms with Gasteiger partial charge in [-0.1, -0.05) is 53.4 Å². The molecule has 160 valence electrons. The molecule has 0 N–H and O–H groups in total. The molecule has 0 bridgehead atoms. The minimum absolute atomic E-state index is 0.169. The molecular weight excluding hydrogens is 465 g/mol. The minimum atomic E-state index is -0.283. The maximum Gasteiger partial charge on any atom is 0.278 e. The van der Waals surface area contributed by atoms with Crippen LogP contribution in [0.3, 0.4) is 0 Å². The molecule has 32 heavy (non-hydrogen) atoms. The molecule has 0 atom stereocenters. The fourth-order valence-electron chi connectivity index (χ4n) is 3.30. The van der Waals surface area contributed by atoms with Crippen LogP contribution in [0, 0.1) is 9.77 Å². The quantitative estimate of drug-likeness (QED) is 0.168. The van der Waals surface area contributed by atoms with Gasteiger partial charge in [0.25, 0.3) is 5.56 Å². The summed E-state index contributed by atoms with van der Waals surface area (Å²) in [5.41, 5.74) is 2.03. The van der Waals surface area contributed by atoms with Gasteiger partial charge in [0.2, 0.25) is 0 Å². The van der Waals surface area contributed by atoms with Gasteiger partial charge in [0.05, 0.1) is 18.5 Å². The molecule has 0 fully saturated rings. The predicted octanol–water partition coefficient (Wildman–Crippen LogP) is 6.05. The molecule has 0 saturated carbocycles. The van der Waals surface area contributed by atoms with Crippen LogP contribution in [0.25, 0.3) is 16.0 Å². The zero-order chi connectivity index (χ0) is 22.1. The lowest BCUT2D eigenvalue weighted by molar-refractivity contribution is 0.495. The third-order valence-corrected chi connectivity index (χ3v) is 7.28. The van der Waals surface area contributed by atoms with E-state index in [0.717, 1.165) is 17.0 Å². The minimum Gasteiger partial charge on any atom is -0.467 e. The summed E-state index contributed by atoms with van der Waals surface area (Å²) in [4.78, 5) is 18.4. The lowest BCUT2D eigenvalue weighted by Crippen LogP contribution is -2.21. The molecule has 0 unspecified atom stereocenters. The van der Waals surface area contributed by atoms with Crippen molar-refractivity contribution in [3.05, 3.63) is 104 Å². The average molecular weight is 482 g/mol. The first-order valence-corrected chi connectivity index (χ1v) is 11.9. The number of thioether (sulfide) groups is 1. The van der Waals surface area contributed by atoms with E-state index in [9.17, 15) is 9.18 Å². The Morgan fingerprint density at radius 2 is 1.84 bits per heavy atom. The van der Waals surface area contributed by atoms with Crippen LogP contribution >= 0.6 is 35.3 Å². The molecule has 0 aliphatic rings. The van der Waals surface area contributed by atoms with Crippen molar-refractivity contribution in [3.63, 3.8) is 0 Å². The van der Waals surface area contributed by atoms with Crippen LogP contribution in [0.2, 0.25) is 0 Å². The Kier molecular flexibility index (Phi) is 5.77. The zero-order valence-electron chi connectivity index (χ0n) is 16.6. The maximum absolute atomic E-state index is 13.6. The van der Waals surface area contributed by atoms with E-state index < -0.39 is 0 Å². The van der Waals surface area contributed by atoms with Crippen LogP contribution in [0.4, 0.5) is 4.39 Å². The van der Waals surface area contributed by atoms with Gasteiger partial charge in [-0.25, -0.2) is 9.37 Å². The molecule has 5 rings (SSSR count). The second kappa shape index (κ2) is 8.85. The lowest BCUT2D eigenvalue weighted by Gasteiger charge is -2.12. The fraction of sp³-hybridized carbons (Fsp3) is 0.0870. The molecule has 3 heterocycles. The zero-order valence-corrected chi connectivity index (χ0v) is 19.1. The number of furan rings is 1. The van der Waals surface area contributed by atoms with Gasteiger partial charge in [0.15, 0.2) is 14.8 Å². The van der Waals surface area contributed by atoms with Crippen molar-refractivity contribution < 1.29 is 8.81 Å². The van der Waals surface area contributed by atoms with Crippen LogP contribution < -0.4 is 5.56 Å². The van der Waals surface area contributed by atoms with E-state index in [1.54, 1.807) is 23.0 Å². The van der Waals surface area contributed by atoms with Gasteiger partial charge in [0, 0.05) is 5.75 Å². The van der Waals surface area contributed by atoms with Crippen LogP contribution in [0.5, 0.6) is 0 Å².